The van der Waals surface area contributed by atoms with Crippen molar-refractivity contribution >= 4 is 5.91 Å². The van der Waals surface area contributed by atoms with Gasteiger partial charge in [0.05, 0.1) is 29.0 Å². The van der Waals surface area contributed by atoms with Crippen LogP contribution in [0.5, 0.6) is 0 Å². The van der Waals surface area contributed by atoms with Gasteiger partial charge in [-0.1, -0.05) is 67.9 Å². The van der Waals surface area contributed by atoms with E-state index in [9.17, 15) is 14.7 Å². The molecule has 0 radical (unpaired) electrons. The zero-order valence-corrected chi connectivity index (χ0v) is 27.2. The van der Waals surface area contributed by atoms with Crippen LogP contribution in [0.15, 0.2) is 90.0 Å². The number of carbonyl (C=O) groups excluding carboxylic acids is 1. The second-order valence-electron chi connectivity index (χ2n) is 13.6. The molecular weight excluding hydrogens is 572 g/mol. The molecule has 1 spiro atoms. The summed E-state index contributed by atoms with van der Waals surface area (Å²) >= 11 is 0. The molecule has 1 fully saturated rings. The highest BCUT2D eigenvalue weighted by atomic mass is 16.3. The van der Waals surface area contributed by atoms with Gasteiger partial charge in [-0.2, -0.15) is 0 Å². The van der Waals surface area contributed by atoms with E-state index in [-0.39, 0.29) is 23.6 Å². The Balaban J connectivity index is 1.25. The highest BCUT2D eigenvalue weighted by molar-refractivity contribution is 5.95. The van der Waals surface area contributed by atoms with Crippen LogP contribution in [0.2, 0.25) is 0 Å². The van der Waals surface area contributed by atoms with Crippen molar-refractivity contribution in [2.24, 2.45) is 5.41 Å². The Morgan fingerprint density at radius 1 is 1.04 bits per heavy atom. The summed E-state index contributed by atoms with van der Waals surface area (Å²) in [6.45, 7) is 6.37. The number of amides is 1. The van der Waals surface area contributed by atoms with E-state index in [4.69, 9.17) is 0 Å². The minimum Gasteiger partial charge on any atom is -0.390 e. The van der Waals surface area contributed by atoms with Crippen molar-refractivity contribution in [1.82, 2.24) is 20.2 Å². The first-order chi connectivity index (χ1) is 22.2. The number of hydrogen-bond donors (Lipinski definition) is 3. The van der Waals surface area contributed by atoms with Gasteiger partial charge in [-0.3, -0.25) is 14.6 Å². The topological polar surface area (TPSA) is 96.2 Å². The Kier molecular flexibility index (Phi) is 9.52. The van der Waals surface area contributed by atoms with Crippen LogP contribution in [0, 0.1) is 5.41 Å². The molecule has 2 aromatic heterocycles. The number of aliphatic hydroxyl groups is 1. The smallest absolute Gasteiger partial charge is 0.260 e. The van der Waals surface area contributed by atoms with E-state index in [1.807, 2.05) is 50.2 Å². The van der Waals surface area contributed by atoms with Crippen LogP contribution < -0.4 is 16.2 Å². The molecule has 3 atom stereocenters. The lowest BCUT2D eigenvalue weighted by atomic mass is 9.58. The van der Waals surface area contributed by atoms with Crippen LogP contribution in [-0.4, -0.2) is 39.3 Å². The third-order valence-corrected chi connectivity index (χ3v) is 10.1. The first-order valence-electron chi connectivity index (χ1n) is 16.8. The van der Waals surface area contributed by atoms with Gasteiger partial charge in [-0.05, 0) is 98.2 Å². The van der Waals surface area contributed by atoms with Crippen LogP contribution >= 0.6 is 0 Å². The Morgan fingerprint density at radius 3 is 2.50 bits per heavy atom. The maximum Gasteiger partial charge on any atom is 0.260 e. The maximum atomic E-state index is 13.9. The van der Waals surface area contributed by atoms with E-state index >= 15 is 0 Å². The molecular formula is C39H46N4O3. The lowest BCUT2D eigenvalue weighted by Gasteiger charge is -2.49. The van der Waals surface area contributed by atoms with Crippen molar-refractivity contribution in [3.05, 3.63) is 123 Å². The largest absolute Gasteiger partial charge is 0.390 e. The quantitative estimate of drug-likeness (QED) is 0.186. The summed E-state index contributed by atoms with van der Waals surface area (Å²) in [6.07, 6.45) is 9.89. The minimum absolute atomic E-state index is 0.150. The number of aryl methyl sites for hydroxylation is 1. The fourth-order valence-electron chi connectivity index (χ4n) is 7.23. The summed E-state index contributed by atoms with van der Waals surface area (Å²) in [7, 11) is 0. The van der Waals surface area contributed by atoms with Crippen molar-refractivity contribution in [2.45, 2.75) is 89.9 Å². The number of pyridine rings is 2. The Bertz CT molecular complexity index is 1710. The van der Waals surface area contributed by atoms with E-state index in [1.165, 1.54) is 36.0 Å². The monoisotopic (exact) mass is 618 g/mol. The lowest BCUT2D eigenvalue weighted by molar-refractivity contribution is 0.0730. The summed E-state index contributed by atoms with van der Waals surface area (Å²) in [5, 5.41) is 18.6. The van der Waals surface area contributed by atoms with Crippen molar-refractivity contribution < 1.29 is 9.90 Å². The van der Waals surface area contributed by atoms with Gasteiger partial charge in [0, 0.05) is 31.0 Å². The highest BCUT2D eigenvalue weighted by Gasteiger charge is 2.43. The molecule has 6 rings (SSSR count). The van der Waals surface area contributed by atoms with Crippen LogP contribution in [0.1, 0.15) is 91.1 Å². The van der Waals surface area contributed by atoms with Gasteiger partial charge in [-0.15, -0.1) is 0 Å². The number of aliphatic hydroxyl groups excluding tert-OH is 1. The van der Waals surface area contributed by atoms with Gasteiger partial charge in [0.1, 0.15) is 0 Å². The van der Waals surface area contributed by atoms with E-state index in [1.54, 1.807) is 35.2 Å². The van der Waals surface area contributed by atoms with E-state index in [0.29, 0.717) is 35.2 Å². The number of fused-ring (bicyclic) bond motifs is 1. The molecule has 0 bridgehead atoms. The van der Waals surface area contributed by atoms with Gasteiger partial charge < -0.3 is 20.3 Å². The fraction of sp³-hybridized carbons (Fsp3) is 0.410. The summed E-state index contributed by atoms with van der Waals surface area (Å²) in [4.78, 5) is 31.6. The Labute approximate surface area is 272 Å². The standard InChI is InChI=1S/C39H46N4O3/c1-4-27-14-15-29-22-39(16-10-17-39)23-35(31(29)19-27)41-24-36(44)34(20-28-11-6-5-7-12-28)42-37(45)30-21-32(33-13-8-9-18-40-33)38(46)43(25-30)26(2)3/h5-9,11-15,18-19,21,25-26,34-36,41,44H,4,10,16-17,20,22-24H2,1-3H3,(H,42,45)/t34-,35?,36+/m0/s1. The molecule has 3 N–H and O–H groups in total. The van der Waals surface area contributed by atoms with Crippen molar-refractivity contribution in [2.75, 3.05) is 6.54 Å². The van der Waals surface area contributed by atoms with Crippen LogP contribution in [-0.2, 0) is 19.3 Å². The van der Waals surface area contributed by atoms with Crippen molar-refractivity contribution in [3.63, 3.8) is 0 Å². The Morgan fingerprint density at radius 2 is 1.83 bits per heavy atom. The van der Waals surface area contributed by atoms with Gasteiger partial charge in [0.2, 0.25) is 0 Å². The average molecular weight is 619 g/mol. The molecule has 1 amide bonds. The first-order valence-corrected chi connectivity index (χ1v) is 16.8. The predicted molar refractivity (Wildman–Crippen MR) is 183 cm³/mol. The van der Waals surface area contributed by atoms with Crippen LogP contribution in [0.25, 0.3) is 11.3 Å². The SMILES string of the molecule is CCc1ccc2c(c1)C(NC[C@@H](O)[C@H](Cc1ccccc1)NC(=O)c1cc(-c3ccccn3)c(=O)n(C(C)C)c1)CC1(CCC1)C2. The molecule has 2 aliphatic rings. The molecule has 240 valence electrons. The number of aromatic nitrogens is 2. The van der Waals surface area contributed by atoms with E-state index in [2.05, 4.69) is 40.7 Å². The number of nitrogens with one attached hydrogen (secondary N) is 2. The summed E-state index contributed by atoms with van der Waals surface area (Å²) in [5.74, 6) is -0.337. The second kappa shape index (κ2) is 13.7. The van der Waals surface area contributed by atoms with Crippen molar-refractivity contribution in [1.29, 1.82) is 0 Å². The number of carbonyl (C=O) groups is 1. The van der Waals surface area contributed by atoms with Gasteiger partial charge in [0.25, 0.3) is 11.5 Å². The van der Waals surface area contributed by atoms with Crippen LogP contribution in [0.3, 0.4) is 0 Å². The molecule has 2 aliphatic carbocycles. The molecule has 4 aromatic rings. The van der Waals surface area contributed by atoms with Gasteiger partial charge >= 0.3 is 0 Å². The fourth-order valence-corrected chi connectivity index (χ4v) is 7.23. The summed E-state index contributed by atoms with van der Waals surface area (Å²) < 4.78 is 1.57. The predicted octanol–water partition coefficient (Wildman–Crippen LogP) is 6.20. The molecule has 7 nitrogen and oxygen atoms in total. The second-order valence-corrected chi connectivity index (χ2v) is 13.6. The lowest BCUT2D eigenvalue weighted by Crippen LogP contribution is -2.50. The summed E-state index contributed by atoms with van der Waals surface area (Å²) in [6, 6.07) is 23.3. The van der Waals surface area contributed by atoms with E-state index in [0.717, 1.165) is 24.8 Å². The maximum absolute atomic E-state index is 13.9. The molecule has 1 unspecified atom stereocenters. The van der Waals surface area contributed by atoms with Gasteiger partial charge in [0.15, 0.2) is 0 Å². The minimum atomic E-state index is -0.840. The molecule has 46 heavy (non-hydrogen) atoms. The normalized spacial score (nSPS) is 18.1. The first kappa shape index (κ1) is 31.9. The third kappa shape index (κ3) is 6.86. The average Bonchev–Trinajstić information content (AvgIpc) is 3.06. The van der Waals surface area contributed by atoms with E-state index < -0.39 is 12.1 Å². The third-order valence-electron chi connectivity index (χ3n) is 10.1. The number of nitrogens with zero attached hydrogens (tertiary/aromatic N) is 2. The summed E-state index contributed by atoms with van der Waals surface area (Å²) in [5.41, 5.74) is 6.53. The zero-order valence-electron chi connectivity index (χ0n) is 27.2. The molecule has 0 aliphatic heterocycles. The molecule has 2 aromatic carbocycles. The highest BCUT2D eigenvalue weighted by Crippen LogP contribution is 2.53. The molecule has 1 saturated carbocycles. The molecule has 2 heterocycles. The Hall–Kier alpha value is -4.07. The van der Waals surface area contributed by atoms with Crippen LogP contribution in [0.4, 0.5) is 0 Å². The zero-order chi connectivity index (χ0) is 32.3. The number of rotatable bonds is 11. The molecule has 7 heteroatoms. The number of benzene rings is 2. The van der Waals surface area contributed by atoms with Gasteiger partial charge in [-0.25, -0.2) is 0 Å². The number of hydrogen-bond acceptors (Lipinski definition) is 5. The molecule has 0 saturated heterocycles. The van der Waals surface area contributed by atoms with Crippen molar-refractivity contribution in [3.8, 4) is 11.3 Å².